The van der Waals surface area contributed by atoms with Crippen molar-refractivity contribution in [3.05, 3.63) is 53.5 Å². The Morgan fingerprint density at radius 2 is 2.20 bits per heavy atom. The zero-order valence-corrected chi connectivity index (χ0v) is 11.7. The van der Waals surface area contributed by atoms with Crippen molar-refractivity contribution >= 4 is 11.6 Å². The zero-order chi connectivity index (χ0) is 13.9. The van der Waals surface area contributed by atoms with E-state index in [4.69, 9.17) is 0 Å². The number of hydrogen-bond donors (Lipinski definition) is 1. The summed E-state index contributed by atoms with van der Waals surface area (Å²) in [6, 6.07) is 8.09. The van der Waals surface area contributed by atoms with Gasteiger partial charge in [0.15, 0.2) is 5.65 Å². The lowest BCUT2D eigenvalue weighted by Gasteiger charge is -2.06. The molecule has 3 heterocycles. The monoisotopic (exact) mass is 267 g/mol. The van der Waals surface area contributed by atoms with E-state index in [0.29, 0.717) is 12.5 Å². The van der Waals surface area contributed by atoms with Gasteiger partial charge in [0.25, 0.3) is 0 Å². The van der Waals surface area contributed by atoms with Gasteiger partial charge >= 0.3 is 0 Å². The van der Waals surface area contributed by atoms with Crippen LogP contribution < -0.4 is 5.32 Å². The van der Waals surface area contributed by atoms with Crippen LogP contribution in [0.25, 0.3) is 5.65 Å². The van der Waals surface area contributed by atoms with Crippen LogP contribution in [0, 0.1) is 6.92 Å². The largest absolute Gasteiger partial charge is 0.347 e. The van der Waals surface area contributed by atoms with Crippen LogP contribution in [0.4, 0.5) is 5.95 Å². The van der Waals surface area contributed by atoms with E-state index in [1.807, 2.05) is 37.5 Å². The summed E-state index contributed by atoms with van der Waals surface area (Å²) < 4.78 is 1.77. The predicted molar refractivity (Wildman–Crippen MR) is 78.7 cm³/mol. The van der Waals surface area contributed by atoms with E-state index in [9.17, 15) is 0 Å². The van der Waals surface area contributed by atoms with Crippen LogP contribution in [0.1, 0.15) is 23.7 Å². The Morgan fingerprint density at radius 3 is 3.05 bits per heavy atom. The van der Waals surface area contributed by atoms with Gasteiger partial charge in [-0.3, -0.25) is 4.98 Å². The molecule has 0 spiro atoms. The predicted octanol–water partition coefficient (Wildman–Crippen LogP) is 2.61. The Labute approximate surface area is 117 Å². The van der Waals surface area contributed by atoms with Gasteiger partial charge in [-0.05, 0) is 42.7 Å². The molecular weight excluding hydrogens is 250 g/mol. The first-order chi connectivity index (χ1) is 9.76. The molecular formula is C15H17N5. The average Bonchev–Trinajstić information content (AvgIpc) is 2.87. The first-order valence-corrected chi connectivity index (χ1v) is 6.76. The lowest BCUT2D eigenvalue weighted by atomic mass is 10.1. The lowest BCUT2D eigenvalue weighted by molar-refractivity contribution is 0.925. The van der Waals surface area contributed by atoms with Crippen LogP contribution >= 0.6 is 0 Å². The van der Waals surface area contributed by atoms with Crippen LogP contribution in [-0.2, 0) is 13.0 Å². The number of fused-ring (bicyclic) bond motifs is 1. The standard InChI is InChI=1S/C15H17N5/c1-3-12-5-4-7-16-13(12)10-17-15-18-14-9-11(2)6-8-20(14)19-15/h4-9H,3,10H2,1-2H3,(H,17,19). The normalized spacial score (nSPS) is 10.9. The van der Waals surface area contributed by atoms with E-state index < -0.39 is 0 Å². The SMILES string of the molecule is CCc1cccnc1CNc1nc2cc(C)ccn2n1. The second-order valence-corrected chi connectivity index (χ2v) is 4.76. The molecule has 0 unspecified atom stereocenters. The molecule has 5 heteroatoms. The zero-order valence-electron chi connectivity index (χ0n) is 11.7. The van der Waals surface area contributed by atoms with Gasteiger partial charge in [0.05, 0.1) is 12.2 Å². The van der Waals surface area contributed by atoms with Gasteiger partial charge in [-0.15, -0.1) is 5.10 Å². The highest BCUT2D eigenvalue weighted by atomic mass is 15.3. The van der Waals surface area contributed by atoms with Crippen LogP contribution in [0.3, 0.4) is 0 Å². The van der Waals surface area contributed by atoms with E-state index in [-0.39, 0.29) is 0 Å². The second-order valence-electron chi connectivity index (χ2n) is 4.76. The molecule has 1 N–H and O–H groups in total. The fourth-order valence-electron chi connectivity index (χ4n) is 2.17. The van der Waals surface area contributed by atoms with Gasteiger partial charge in [-0.25, -0.2) is 4.52 Å². The number of nitrogens with zero attached hydrogens (tertiary/aromatic N) is 4. The highest BCUT2D eigenvalue weighted by Crippen LogP contribution is 2.10. The highest BCUT2D eigenvalue weighted by Gasteiger charge is 2.05. The first-order valence-electron chi connectivity index (χ1n) is 6.76. The third-order valence-corrected chi connectivity index (χ3v) is 3.27. The quantitative estimate of drug-likeness (QED) is 0.789. The molecule has 0 bridgehead atoms. The van der Waals surface area contributed by atoms with Gasteiger partial charge in [-0.1, -0.05) is 13.0 Å². The molecule has 102 valence electrons. The van der Waals surface area contributed by atoms with Crippen molar-refractivity contribution in [2.45, 2.75) is 26.8 Å². The molecule has 20 heavy (non-hydrogen) atoms. The van der Waals surface area contributed by atoms with E-state index in [1.54, 1.807) is 4.52 Å². The third kappa shape index (κ3) is 2.47. The van der Waals surface area contributed by atoms with Crippen molar-refractivity contribution in [1.29, 1.82) is 0 Å². The maximum absolute atomic E-state index is 4.46. The van der Waals surface area contributed by atoms with Crippen molar-refractivity contribution in [2.75, 3.05) is 5.32 Å². The molecule has 0 radical (unpaired) electrons. The maximum atomic E-state index is 4.46. The van der Waals surface area contributed by atoms with Crippen LogP contribution in [0.5, 0.6) is 0 Å². The number of anilines is 1. The molecule has 0 fully saturated rings. The fraction of sp³-hybridized carbons (Fsp3) is 0.267. The Morgan fingerprint density at radius 1 is 1.30 bits per heavy atom. The summed E-state index contributed by atoms with van der Waals surface area (Å²) in [5.74, 6) is 0.628. The van der Waals surface area contributed by atoms with Crippen molar-refractivity contribution in [3.63, 3.8) is 0 Å². The Hall–Kier alpha value is -2.43. The summed E-state index contributed by atoms with van der Waals surface area (Å²) in [7, 11) is 0. The number of aromatic nitrogens is 4. The van der Waals surface area contributed by atoms with Gasteiger partial charge in [0.2, 0.25) is 5.95 Å². The minimum atomic E-state index is 0.628. The summed E-state index contributed by atoms with van der Waals surface area (Å²) in [5, 5.41) is 7.63. The van der Waals surface area contributed by atoms with Crippen LogP contribution in [0.2, 0.25) is 0 Å². The molecule has 3 aromatic rings. The average molecular weight is 267 g/mol. The number of rotatable bonds is 4. The molecule has 0 aliphatic heterocycles. The fourth-order valence-corrected chi connectivity index (χ4v) is 2.17. The number of hydrogen-bond acceptors (Lipinski definition) is 4. The maximum Gasteiger partial charge on any atom is 0.243 e. The number of aryl methyl sites for hydroxylation is 2. The molecule has 5 nitrogen and oxygen atoms in total. The molecule has 0 aliphatic carbocycles. The summed E-state index contributed by atoms with van der Waals surface area (Å²) in [5.41, 5.74) is 4.32. The first kappa shape index (κ1) is 12.6. The highest BCUT2D eigenvalue weighted by molar-refractivity contribution is 5.45. The van der Waals surface area contributed by atoms with Crippen molar-refractivity contribution in [2.24, 2.45) is 0 Å². The van der Waals surface area contributed by atoms with Crippen LogP contribution in [-0.4, -0.2) is 19.6 Å². The molecule has 0 saturated carbocycles. The molecule has 0 aliphatic rings. The van der Waals surface area contributed by atoms with Crippen molar-refractivity contribution in [3.8, 4) is 0 Å². The lowest BCUT2D eigenvalue weighted by Crippen LogP contribution is -2.06. The summed E-state index contributed by atoms with van der Waals surface area (Å²) >= 11 is 0. The van der Waals surface area contributed by atoms with Crippen molar-refractivity contribution < 1.29 is 0 Å². The Bertz CT molecular complexity index is 732. The Balaban J connectivity index is 1.79. The summed E-state index contributed by atoms with van der Waals surface area (Å²) in [6.45, 7) is 4.82. The number of pyridine rings is 2. The summed E-state index contributed by atoms with van der Waals surface area (Å²) in [6.07, 6.45) is 4.71. The van der Waals surface area contributed by atoms with Gasteiger partial charge in [-0.2, -0.15) is 4.98 Å². The minimum Gasteiger partial charge on any atom is -0.347 e. The van der Waals surface area contributed by atoms with Gasteiger partial charge in [0, 0.05) is 12.4 Å². The second kappa shape index (κ2) is 5.28. The molecule has 0 amide bonds. The van der Waals surface area contributed by atoms with E-state index in [2.05, 4.69) is 33.4 Å². The van der Waals surface area contributed by atoms with Crippen LogP contribution in [0.15, 0.2) is 36.7 Å². The number of nitrogens with one attached hydrogen (secondary N) is 1. The molecule has 0 saturated heterocycles. The molecule has 0 aromatic carbocycles. The summed E-state index contributed by atoms with van der Waals surface area (Å²) in [4.78, 5) is 8.86. The van der Waals surface area contributed by atoms with Gasteiger partial charge < -0.3 is 5.32 Å². The molecule has 3 aromatic heterocycles. The topological polar surface area (TPSA) is 55.1 Å². The van der Waals surface area contributed by atoms with Gasteiger partial charge in [0.1, 0.15) is 0 Å². The van der Waals surface area contributed by atoms with E-state index in [1.165, 1.54) is 11.1 Å². The third-order valence-electron chi connectivity index (χ3n) is 3.27. The van der Waals surface area contributed by atoms with E-state index in [0.717, 1.165) is 17.8 Å². The van der Waals surface area contributed by atoms with Crippen molar-refractivity contribution in [1.82, 2.24) is 19.6 Å². The molecule has 0 atom stereocenters. The minimum absolute atomic E-state index is 0.628. The van der Waals surface area contributed by atoms with E-state index >= 15 is 0 Å². The molecule has 3 rings (SSSR count). The Kier molecular flexibility index (Phi) is 3.33. The smallest absolute Gasteiger partial charge is 0.243 e.